The molecule has 0 aromatic rings. The zero-order valence-corrected chi connectivity index (χ0v) is 8.91. The first-order valence-electron chi connectivity index (χ1n) is 4.72. The van der Waals surface area contributed by atoms with Gasteiger partial charge < -0.3 is 9.64 Å². The van der Waals surface area contributed by atoms with Gasteiger partial charge in [0.25, 0.3) is 0 Å². The van der Waals surface area contributed by atoms with Crippen molar-refractivity contribution in [3.63, 3.8) is 0 Å². The summed E-state index contributed by atoms with van der Waals surface area (Å²) in [4.78, 5) is 13.0. The van der Waals surface area contributed by atoms with Crippen LogP contribution >= 0.6 is 0 Å². The number of esters is 1. The van der Waals surface area contributed by atoms with Gasteiger partial charge in [0.1, 0.15) is 0 Å². The van der Waals surface area contributed by atoms with E-state index < -0.39 is 0 Å². The van der Waals surface area contributed by atoms with Crippen LogP contribution in [-0.2, 0) is 9.53 Å². The van der Waals surface area contributed by atoms with E-state index in [9.17, 15) is 4.79 Å². The van der Waals surface area contributed by atoms with Crippen molar-refractivity contribution >= 4 is 5.97 Å². The highest BCUT2D eigenvalue weighted by Gasteiger charge is 2.01. The maximum Gasteiger partial charge on any atom is 0.332 e. The molecule has 0 aromatic heterocycles. The van der Waals surface area contributed by atoms with Crippen LogP contribution in [0.3, 0.4) is 0 Å². The lowest BCUT2D eigenvalue weighted by Gasteiger charge is -2.22. The molecule has 0 radical (unpaired) electrons. The summed E-state index contributed by atoms with van der Waals surface area (Å²) in [7, 11) is 0. The second kappa shape index (κ2) is 6.52. The number of ether oxygens (including phenoxy) is 1. The maximum atomic E-state index is 11.0. The molecule has 0 atom stereocenters. The van der Waals surface area contributed by atoms with Gasteiger partial charge in [0.05, 0.1) is 6.61 Å². The Bertz CT molecular complexity index is 176. The van der Waals surface area contributed by atoms with Crippen molar-refractivity contribution in [2.24, 2.45) is 0 Å². The largest absolute Gasteiger partial charge is 0.463 e. The van der Waals surface area contributed by atoms with Crippen LogP contribution in [0.15, 0.2) is 12.3 Å². The Morgan fingerprint density at radius 1 is 1.46 bits per heavy atom. The van der Waals surface area contributed by atoms with Gasteiger partial charge in [-0.1, -0.05) is 0 Å². The van der Waals surface area contributed by atoms with Gasteiger partial charge in [-0.3, -0.25) is 0 Å². The summed E-state index contributed by atoms with van der Waals surface area (Å²) in [5.41, 5.74) is 0. The first-order chi connectivity index (χ1) is 6.11. The molecule has 3 nitrogen and oxygen atoms in total. The number of nitrogens with zero attached hydrogens (tertiary/aromatic N) is 1. The zero-order valence-electron chi connectivity index (χ0n) is 8.91. The molecule has 0 spiro atoms. The molecular formula is C10H19NO2. The molecule has 0 heterocycles. The minimum atomic E-state index is -0.276. The molecule has 0 aromatic carbocycles. The fraction of sp³-hybridized carbons (Fsp3) is 0.700. The SMILES string of the molecule is CCOC(=O)/C=C/N(CC)C(C)C. The molecule has 3 heteroatoms. The Hall–Kier alpha value is -0.990. The Morgan fingerprint density at radius 2 is 2.08 bits per heavy atom. The van der Waals surface area contributed by atoms with Crippen LogP contribution in [0.4, 0.5) is 0 Å². The highest BCUT2D eigenvalue weighted by atomic mass is 16.5. The van der Waals surface area contributed by atoms with E-state index in [-0.39, 0.29) is 5.97 Å². The highest BCUT2D eigenvalue weighted by Crippen LogP contribution is 1.98. The van der Waals surface area contributed by atoms with Crippen molar-refractivity contribution in [2.45, 2.75) is 33.7 Å². The quantitative estimate of drug-likeness (QED) is 0.483. The molecule has 0 unspecified atom stereocenters. The lowest BCUT2D eigenvalue weighted by atomic mass is 10.3. The van der Waals surface area contributed by atoms with E-state index in [2.05, 4.69) is 25.7 Å². The normalized spacial score (nSPS) is 10.8. The van der Waals surface area contributed by atoms with Crippen LogP contribution in [0, 0.1) is 0 Å². The van der Waals surface area contributed by atoms with Crippen molar-refractivity contribution in [1.82, 2.24) is 4.90 Å². The zero-order chi connectivity index (χ0) is 10.3. The van der Waals surface area contributed by atoms with E-state index in [1.807, 2.05) is 0 Å². The van der Waals surface area contributed by atoms with Crippen molar-refractivity contribution in [3.05, 3.63) is 12.3 Å². The average molecular weight is 185 g/mol. The molecule has 0 rings (SSSR count). The lowest BCUT2D eigenvalue weighted by Crippen LogP contribution is -2.25. The van der Waals surface area contributed by atoms with E-state index in [4.69, 9.17) is 4.74 Å². The summed E-state index contributed by atoms with van der Waals surface area (Å²) in [5, 5.41) is 0. The fourth-order valence-electron chi connectivity index (χ4n) is 0.990. The molecule has 0 aliphatic carbocycles. The molecule has 0 fully saturated rings. The Labute approximate surface area is 80.4 Å². The van der Waals surface area contributed by atoms with Gasteiger partial charge in [0.2, 0.25) is 0 Å². The maximum absolute atomic E-state index is 11.0. The van der Waals surface area contributed by atoms with Crippen molar-refractivity contribution in [3.8, 4) is 0 Å². The van der Waals surface area contributed by atoms with Gasteiger partial charge in [-0.25, -0.2) is 4.79 Å². The van der Waals surface area contributed by atoms with Crippen LogP contribution in [0.2, 0.25) is 0 Å². The van der Waals surface area contributed by atoms with Crippen LogP contribution in [-0.4, -0.2) is 30.1 Å². The summed E-state index contributed by atoms with van der Waals surface area (Å²) >= 11 is 0. The van der Waals surface area contributed by atoms with Crippen LogP contribution in [0.25, 0.3) is 0 Å². The van der Waals surface area contributed by atoms with E-state index in [0.29, 0.717) is 12.6 Å². The third-order valence-corrected chi connectivity index (χ3v) is 1.72. The Kier molecular flexibility index (Phi) is 6.02. The number of rotatable bonds is 5. The van der Waals surface area contributed by atoms with E-state index >= 15 is 0 Å². The van der Waals surface area contributed by atoms with Gasteiger partial charge in [0.15, 0.2) is 0 Å². The molecule has 76 valence electrons. The Balaban J connectivity index is 3.99. The third kappa shape index (κ3) is 5.28. The first kappa shape index (κ1) is 12.0. The second-order valence-electron chi connectivity index (χ2n) is 2.99. The molecule has 0 saturated heterocycles. The molecule has 0 amide bonds. The molecule has 0 aliphatic rings. The first-order valence-corrected chi connectivity index (χ1v) is 4.72. The number of hydrogen-bond acceptors (Lipinski definition) is 3. The second-order valence-corrected chi connectivity index (χ2v) is 2.99. The van der Waals surface area contributed by atoms with Crippen LogP contribution in [0.5, 0.6) is 0 Å². The number of hydrogen-bond donors (Lipinski definition) is 0. The highest BCUT2D eigenvalue weighted by molar-refractivity contribution is 5.81. The van der Waals surface area contributed by atoms with Crippen molar-refractivity contribution < 1.29 is 9.53 Å². The van der Waals surface area contributed by atoms with Crippen molar-refractivity contribution in [1.29, 1.82) is 0 Å². The summed E-state index contributed by atoms with van der Waals surface area (Å²) < 4.78 is 4.76. The van der Waals surface area contributed by atoms with E-state index in [1.54, 1.807) is 13.1 Å². The number of carbonyl (C=O) groups excluding carboxylic acids is 1. The van der Waals surface area contributed by atoms with E-state index in [0.717, 1.165) is 6.54 Å². The fourth-order valence-corrected chi connectivity index (χ4v) is 0.990. The van der Waals surface area contributed by atoms with Gasteiger partial charge in [-0.2, -0.15) is 0 Å². The number of carbonyl (C=O) groups is 1. The minimum Gasteiger partial charge on any atom is -0.463 e. The molecule has 13 heavy (non-hydrogen) atoms. The molecule has 0 N–H and O–H groups in total. The molecular weight excluding hydrogens is 166 g/mol. The van der Waals surface area contributed by atoms with Crippen molar-refractivity contribution in [2.75, 3.05) is 13.2 Å². The minimum absolute atomic E-state index is 0.276. The molecule has 0 saturated carbocycles. The third-order valence-electron chi connectivity index (χ3n) is 1.72. The molecule has 0 aliphatic heterocycles. The van der Waals surface area contributed by atoms with Gasteiger partial charge in [-0.05, 0) is 27.7 Å². The van der Waals surface area contributed by atoms with Crippen LogP contribution in [0.1, 0.15) is 27.7 Å². The van der Waals surface area contributed by atoms with Gasteiger partial charge in [0, 0.05) is 24.9 Å². The van der Waals surface area contributed by atoms with Gasteiger partial charge >= 0.3 is 5.97 Å². The summed E-state index contributed by atoms with van der Waals surface area (Å²) in [6.45, 7) is 9.34. The standard InChI is InChI=1S/C10H19NO2/c1-5-11(9(3)4)8-7-10(12)13-6-2/h7-9H,5-6H2,1-4H3/b8-7+. The summed E-state index contributed by atoms with van der Waals surface area (Å²) in [6, 6.07) is 0.413. The lowest BCUT2D eigenvalue weighted by molar-refractivity contribution is -0.137. The van der Waals surface area contributed by atoms with E-state index in [1.165, 1.54) is 6.08 Å². The van der Waals surface area contributed by atoms with Gasteiger partial charge in [-0.15, -0.1) is 0 Å². The topological polar surface area (TPSA) is 29.5 Å². The predicted octanol–water partition coefficient (Wildman–Crippen LogP) is 1.79. The Morgan fingerprint density at radius 3 is 2.46 bits per heavy atom. The average Bonchev–Trinajstić information content (AvgIpc) is 2.05. The van der Waals surface area contributed by atoms with Crippen LogP contribution < -0.4 is 0 Å². The summed E-state index contributed by atoms with van der Waals surface area (Å²) in [5.74, 6) is -0.276. The summed E-state index contributed by atoms with van der Waals surface area (Å²) in [6.07, 6.45) is 3.25. The molecule has 0 bridgehead atoms. The monoisotopic (exact) mass is 185 g/mol. The predicted molar refractivity (Wildman–Crippen MR) is 53.3 cm³/mol. The smallest absolute Gasteiger partial charge is 0.332 e.